The second kappa shape index (κ2) is 14.7. The standard InChI is InChI=1S/C35H42N6O7S/c1-21-17-41(22(2)20-42)35(44)28-16-27(39-49(45,46)33-23(3)38-48-24(33)4)14-15-31(28)47-32(21)19-40(5)18-25-10-12-26(13-11-25)34(43)37-30-9-7-6-8-29(30)36/h6-16,21-22,32,39,42H,17-20,36H2,1-5H3,(H,37,43)/t21-,22-,32+/m0/s1. The van der Waals surface area contributed by atoms with E-state index in [1.807, 2.05) is 26.1 Å². The minimum atomic E-state index is -4.06. The Balaban J connectivity index is 1.33. The van der Waals surface area contributed by atoms with E-state index in [2.05, 4.69) is 20.1 Å². The molecular weight excluding hydrogens is 648 g/mol. The molecule has 0 unspecified atom stereocenters. The maximum atomic E-state index is 13.8. The molecule has 13 nitrogen and oxygen atoms in total. The molecule has 1 aliphatic rings. The molecule has 2 amide bonds. The summed E-state index contributed by atoms with van der Waals surface area (Å²) in [7, 11) is -2.10. The van der Waals surface area contributed by atoms with Gasteiger partial charge in [-0.1, -0.05) is 36.3 Å². The Bertz CT molecular complexity index is 1910. The summed E-state index contributed by atoms with van der Waals surface area (Å²) in [5, 5.41) is 16.6. The average Bonchev–Trinajstić information content (AvgIpc) is 3.42. The number of hydrogen-bond donors (Lipinski definition) is 4. The van der Waals surface area contributed by atoms with E-state index in [9.17, 15) is 23.1 Å². The van der Waals surface area contributed by atoms with E-state index in [1.54, 1.807) is 60.4 Å². The molecule has 0 spiro atoms. The summed E-state index contributed by atoms with van der Waals surface area (Å²) in [4.78, 5) is 30.2. The molecule has 2 heterocycles. The van der Waals surface area contributed by atoms with Gasteiger partial charge in [-0.05, 0) is 75.8 Å². The lowest BCUT2D eigenvalue weighted by Gasteiger charge is -2.38. The van der Waals surface area contributed by atoms with Crippen molar-refractivity contribution in [3.05, 3.63) is 94.9 Å². The second-order valence-corrected chi connectivity index (χ2v) is 14.1. The summed E-state index contributed by atoms with van der Waals surface area (Å²) in [6.45, 7) is 7.91. The van der Waals surface area contributed by atoms with Gasteiger partial charge in [0.1, 0.15) is 17.5 Å². The molecule has 5 N–H and O–H groups in total. The molecule has 49 heavy (non-hydrogen) atoms. The normalized spacial score (nSPS) is 17.1. The number of para-hydroxylation sites is 2. The maximum absolute atomic E-state index is 13.8. The van der Waals surface area contributed by atoms with Gasteiger partial charge in [0.05, 0.1) is 29.6 Å². The molecular formula is C35H42N6O7S. The van der Waals surface area contributed by atoms with Gasteiger partial charge in [-0.3, -0.25) is 19.2 Å². The number of benzene rings is 3. The number of sulfonamides is 1. The Morgan fingerprint density at radius 1 is 1.14 bits per heavy atom. The zero-order valence-corrected chi connectivity index (χ0v) is 29.0. The van der Waals surface area contributed by atoms with Crippen LogP contribution in [0.3, 0.4) is 0 Å². The smallest absolute Gasteiger partial charge is 0.267 e. The van der Waals surface area contributed by atoms with E-state index < -0.39 is 16.1 Å². The minimum absolute atomic E-state index is 0.0652. The van der Waals surface area contributed by atoms with E-state index >= 15 is 0 Å². The zero-order valence-electron chi connectivity index (χ0n) is 28.1. The van der Waals surface area contributed by atoms with Crippen molar-refractivity contribution in [3.8, 4) is 5.75 Å². The van der Waals surface area contributed by atoms with Crippen LogP contribution in [0.4, 0.5) is 17.1 Å². The largest absolute Gasteiger partial charge is 0.488 e. The molecule has 1 aromatic heterocycles. The number of nitrogen functional groups attached to an aromatic ring is 1. The van der Waals surface area contributed by atoms with Gasteiger partial charge in [-0.15, -0.1) is 0 Å². The lowest BCUT2D eigenvalue weighted by Crippen LogP contribution is -2.49. The number of aliphatic hydroxyl groups excluding tert-OH is 1. The Morgan fingerprint density at radius 2 is 1.86 bits per heavy atom. The molecule has 1 aliphatic heterocycles. The first-order chi connectivity index (χ1) is 23.3. The number of aromatic nitrogens is 1. The molecule has 5 rings (SSSR count). The fraction of sp³-hybridized carbons (Fsp3) is 0.343. The van der Waals surface area contributed by atoms with Gasteiger partial charge in [0.25, 0.3) is 21.8 Å². The molecule has 0 saturated carbocycles. The Hall–Kier alpha value is -4.92. The van der Waals surface area contributed by atoms with Gasteiger partial charge < -0.3 is 30.3 Å². The molecule has 0 aliphatic carbocycles. The van der Waals surface area contributed by atoms with Crippen LogP contribution in [0.1, 0.15) is 51.6 Å². The highest BCUT2D eigenvalue weighted by atomic mass is 32.2. The minimum Gasteiger partial charge on any atom is -0.488 e. The van der Waals surface area contributed by atoms with Crippen LogP contribution >= 0.6 is 0 Å². The van der Waals surface area contributed by atoms with Gasteiger partial charge in [0.2, 0.25) is 0 Å². The second-order valence-electron chi connectivity index (χ2n) is 12.5. The Kier molecular flexibility index (Phi) is 10.6. The van der Waals surface area contributed by atoms with Crippen molar-refractivity contribution < 1.29 is 32.4 Å². The monoisotopic (exact) mass is 690 g/mol. The lowest BCUT2D eigenvalue weighted by atomic mass is 9.99. The quantitative estimate of drug-likeness (QED) is 0.166. The first-order valence-electron chi connectivity index (χ1n) is 15.9. The van der Waals surface area contributed by atoms with Crippen molar-refractivity contribution in [2.45, 2.75) is 51.3 Å². The van der Waals surface area contributed by atoms with E-state index in [1.165, 1.54) is 19.9 Å². The number of rotatable bonds is 11. The number of anilines is 3. The van der Waals surface area contributed by atoms with Gasteiger partial charge in [0.15, 0.2) is 10.7 Å². The summed E-state index contributed by atoms with van der Waals surface area (Å²) in [6, 6.07) is 18.5. The first kappa shape index (κ1) is 35.4. The Labute approximate surface area is 286 Å². The highest BCUT2D eigenvalue weighted by Crippen LogP contribution is 2.32. The average molecular weight is 691 g/mol. The van der Waals surface area contributed by atoms with Crippen molar-refractivity contribution in [1.82, 2.24) is 15.0 Å². The summed E-state index contributed by atoms with van der Waals surface area (Å²) >= 11 is 0. The molecule has 3 aromatic carbocycles. The fourth-order valence-corrected chi connectivity index (χ4v) is 7.20. The van der Waals surface area contributed by atoms with E-state index in [-0.39, 0.29) is 58.0 Å². The predicted octanol–water partition coefficient (Wildman–Crippen LogP) is 4.28. The maximum Gasteiger partial charge on any atom is 0.267 e. The lowest BCUT2D eigenvalue weighted by molar-refractivity contribution is 0.0341. The van der Waals surface area contributed by atoms with Crippen molar-refractivity contribution in [2.75, 3.05) is 42.5 Å². The number of ether oxygens (including phenoxy) is 1. The molecule has 0 saturated heterocycles. The van der Waals surface area contributed by atoms with Crippen LogP contribution in [0.25, 0.3) is 0 Å². The van der Waals surface area contributed by atoms with Gasteiger partial charge in [-0.2, -0.15) is 0 Å². The number of nitrogens with one attached hydrogen (secondary N) is 2. The van der Waals surface area contributed by atoms with E-state index in [0.717, 1.165) is 5.56 Å². The van der Waals surface area contributed by atoms with Crippen molar-refractivity contribution in [3.63, 3.8) is 0 Å². The van der Waals surface area contributed by atoms with Crippen molar-refractivity contribution in [2.24, 2.45) is 5.92 Å². The number of likely N-dealkylation sites (N-methyl/N-ethyl adjacent to an activating group) is 1. The molecule has 0 bridgehead atoms. The van der Waals surface area contributed by atoms with Crippen molar-refractivity contribution >= 4 is 38.9 Å². The van der Waals surface area contributed by atoms with Gasteiger partial charge in [-0.25, -0.2) is 8.42 Å². The van der Waals surface area contributed by atoms with Crippen LogP contribution in [0, 0.1) is 19.8 Å². The van der Waals surface area contributed by atoms with Crippen LogP contribution < -0.4 is 20.5 Å². The molecule has 3 atom stereocenters. The summed E-state index contributed by atoms with van der Waals surface area (Å²) in [5.74, 6) is -0.311. The SMILES string of the molecule is Cc1noc(C)c1S(=O)(=O)Nc1ccc2c(c1)C(=O)N([C@@H](C)CO)C[C@H](C)[C@@H](CN(C)Cc1ccc(C(=O)Nc3ccccc3N)cc1)O2. The van der Waals surface area contributed by atoms with Crippen LogP contribution in [-0.2, 0) is 16.6 Å². The van der Waals surface area contributed by atoms with Gasteiger partial charge in [0, 0.05) is 36.8 Å². The molecule has 4 aromatic rings. The highest BCUT2D eigenvalue weighted by molar-refractivity contribution is 7.92. The summed E-state index contributed by atoms with van der Waals surface area (Å²) < 4.78 is 40.5. The Morgan fingerprint density at radius 3 is 2.51 bits per heavy atom. The molecule has 0 fully saturated rings. The molecule has 0 radical (unpaired) electrons. The fourth-order valence-electron chi connectivity index (χ4n) is 5.82. The van der Waals surface area contributed by atoms with Crippen LogP contribution in [0.15, 0.2) is 76.1 Å². The zero-order chi connectivity index (χ0) is 35.5. The number of amides is 2. The number of nitrogens with two attached hydrogens (primary N) is 1. The number of aliphatic hydroxyl groups is 1. The number of nitrogens with zero attached hydrogens (tertiary/aromatic N) is 3. The number of aryl methyl sites for hydroxylation is 2. The topological polar surface area (TPSA) is 180 Å². The first-order valence-corrected chi connectivity index (χ1v) is 17.4. The van der Waals surface area contributed by atoms with Crippen LogP contribution in [-0.4, -0.2) is 79.2 Å². The van der Waals surface area contributed by atoms with E-state index in [0.29, 0.717) is 42.3 Å². The van der Waals surface area contributed by atoms with Crippen LogP contribution in [0.5, 0.6) is 5.75 Å². The van der Waals surface area contributed by atoms with Crippen LogP contribution in [0.2, 0.25) is 0 Å². The predicted molar refractivity (Wildman–Crippen MR) is 186 cm³/mol. The number of carbonyl (C=O) groups excluding carboxylic acids is 2. The highest BCUT2D eigenvalue weighted by Gasteiger charge is 2.34. The van der Waals surface area contributed by atoms with E-state index in [4.69, 9.17) is 15.0 Å². The molecule has 260 valence electrons. The number of carbonyl (C=O) groups is 2. The van der Waals surface area contributed by atoms with Crippen molar-refractivity contribution in [1.29, 1.82) is 0 Å². The molecule has 14 heteroatoms. The third-order valence-corrected chi connectivity index (χ3v) is 10.1. The van der Waals surface area contributed by atoms with Gasteiger partial charge >= 0.3 is 0 Å². The summed E-state index contributed by atoms with van der Waals surface area (Å²) in [6.07, 6.45) is -0.364. The third kappa shape index (κ3) is 8.04. The number of hydrogen-bond acceptors (Lipinski definition) is 10. The number of fused-ring (bicyclic) bond motifs is 1. The third-order valence-electron chi connectivity index (χ3n) is 8.52. The summed E-state index contributed by atoms with van der Waals surface area (Å²) in [5.41, 5.74) is 9.03.